The normalized spacial score (nSPS) is 15.0. The molecule has 0 atom stereocenters. The number of carbonyl (C=O) groups is 1. The van der Waals surface area contributed by atoms with E-state index in [1.54, 1.807) is 7.11 Å². The molecule has 1 aromatic heterocycles. The van der Waals surface area contributed by atoms with Crippen molar-refractivity contribution >= 4 is 28.4 Å². The topological polar surface area (TPSA) is 64.8 Å². The van der Waals surface area contributed by atoms with E-state index in [-0.39, 0.29) is 5.78 Å². The highest BCUT2D eigenvalue weighted by Crippen LogP contribution is 2.33. The molecule has 3 aromatic rings. The van der Waals surface area contributed by atoms with Gasteiger partial charge in [-0.3, -0.25) is 4.79 Å². The fourth-order valence-corrected chi connectivity index (χ4v) is 4.73. The maximum atomic E-state index is 11.7. The zero-order chi connectivity index (χ0) is 23.9. The van der Waals surface area contributed by atoms with E-state index >= 15 is 0 Å². The Bertz CT molecular complexity index is 1110. The predicted octanol–water partition coefficient (Wildman–Crippen LogP) is 6.05. The van der Waals surface area contributed by atoms with Gasteiger partial charge in [0.05, 0.1) is 19.4 Å². The second-order valence-electron chi connectivity index (χ2n) is 8.93. The lowest BCUT2D eigenvalue weighted by atomic mass is 9.91. The first kappa shape index (κ1) is 24.6. The van der Waals surface area contributed by atoms with Crippen LogP contribution in [0.4, 0.5) is 0 Å². The minimum absolute atomic E-state index is 0.221. The van der Waals surface area contributed by atoms with Crippen molar-refractivity contribution in [2.45, 2.75) is 51.4 Å². The Morgan fingerprint density at radius 1 is 1.15 bits per heavy atom. The highest BCUT2D eigenvalue weighted by molar-refractivity contribution is 6.31. The van der Waals surface area contributed by atoms with Gasteiger partial charge in [0.2, 0.25) is 0 Å². The van der Waals surface area contributed by atoms with Crippen molar-refractivity contribution in [2.75, 3.05) is 33.4 Å². The highest BCUT2D eigenvalue weighted by atomic mass is 35.5. The number of piperidine rings is 1. The molecule has 1 aliphatic heterocycles. The Hall–Kier alpha value is -2.57. The number of methoxy groups -OCH3 is 1. The molecule has 0 amide bonds. The highest BCUT2D eigenvalue weighted by Gasteiger charge is 2.24. The molecular weight excluding hydrogens is 452 g/mol. The van der Waals surface area contributed by atoms with E-state index in [9.17, 15) is 4.79 Å². The van der Waals surface area contributed by atoms with Gasteiger partial charge in [0, 0.05) is 35.2 Å². The number of Topliss-reactive ketones (excluding diaryl/α,β-unsaturated/α-hetero) is 1. The molecule has 0 unspecified atom stereocenters. The van der Waals surface area contributed by atoms with Crippen LogP contribution in [0.1, 0.15) is 56.2 Å². The molecule has 0 N–H and O–H groups in total. The Labute approximate surface area is 206 Å². The van der Waals surface area contributed by atoms with Gasteiger partial charge in [-0.05, 0) is 75.1 Å². The summed E-state index contributed by atoms with van der Waals surface area (Å²) in [6.45, 7) is 5.74. The van der Waals surface area contributed by atoms with Gasteiger partial charge in [0.15, 0.2) is 17.1 Å². The van der Waals surface area contributed by atoms with Crippen molar-refractivity contribution in [3.8, 4) is 11.5 Å². The molecule has 2 aromatic carbocycles. The third-order valence-electron chi connectivity index (χ3n) is 6.59. The third kappa shape index (κ3) is 6.10. The summed E-state index contributed by atoms with van der Waals surface area (Å²) in [5.41, 5.74) is 2.80. The van der Waals surface area contributed by atoms with E-state index in [2.05, 4.69) is 10.1 Å². The number of carbonyl (C=O) groups excluding carboxylic acids is 1. The SMILES string of the molecule is CCC(=O)Cc1ccc(OCCCCN2CCC(c3noc4cc(Cl)ccc34)CC2)c(OC)c1. The molecule has 182 valence electrons. The van der Waals surface area contributed by atoms with Gasteiger partial charge in [-0.25, -0.2) is 0 Å². The second kappa shape index (κ2) is 11.7. The molecule has 1 fully saturated rings. The van der Waals surface area contributed by atoms with Gasteiger partial charge in [-0.1, -0.05) is 29.7 Å². The summed E-state index contributed by atoms with van der Waals surface area (Å²) >= 11 is 6.06. The van der Waals surface area contributed by atoms with Gasteiger partial charge in [0.25, 0.3) is 0 Å². The zero-order valence-corrected chi connectivity index (χ0v) is 20.8. The number of fused-ring (bicyclic) bond motifs is 1. The number of nitrogens with zero attached hydrogens (tertiary/aromatic N) is 2. The number of ether oxygens (including phenoxy) is 2. The van der Waals surface area contributed by atoms with Gasteiger partial charge < -0.3 is 18.9 Å². The Balaban J connectivity index is 1.18. The fraction of sp³-hybridized carbons (Fsp3) is 0.481. The molecule has 4 rings (SSSR count). The minimum atomic E-state index is 0.221. The van der Waals surface area contributed by atoms with Crippen LogP contribution in [0.3, 0.4) is 0 Å². The first-order valence-corrected chi connectivity index (χ1v) is 12.5. The number of ketones is 1. The van der Waals surface area contributed by atoms with Crippen LogP contribution in [0.15, 0.2) is 40.9 Å². The van der Waals surface area contributed by atoms with E-state index in [0.29, 0.717) is 36.1 Å². The largest absolute Gasteiger partial charge is 0.493 e. The van der Waals surface area contributed by atoms with Crippen LogP contribution in [0.2, 0.25) is 5.02 Å². The van der Waals surface area contributed by atoms with Crippen molar-refractivity contribution in [3.63, 3.8) is 0 Å². The van der Waals surface area contributed by atoms with Crippen molar-refractivity contribution in [1.82, 2.24) is 10.1 Å². The van der Waals surface area contributed by atoms with Gasteiger partial charge in [-0.2, -0.15) is 0 Å². The average Bonchev–Trinajstić information content (AvgIpc) is 3.27. The predicted molar refractivity (Wildman–Crippen MR) is 134 cm³/mol. The molecular formula is C27H33ClN2O4. The van der Waals surface area contributed by atoms with Crippen molar-refractivity contribution in [3.05, 3.63) is 52.7 Å². The van der Waals surface area contributed by atoms with E-state index in [1.807, 2.05) is 43.3 Å². The Morgan fingerprint density at radius 2 is 1.97 bits per heavy atom. The number of unbranched alkanes of at least 4 members (excludes halogenated alkanes) is 1. The van der Waals surface area contributed by atoms with E-state index in [1.165, 1.54) is 0 Å². The molecule has 1 saturated heterocycles. The van der Waals surface area contributed by atoms with E-state index in [0.717, 1.165) is 73.3 Å². The van der Waals surface area contributed by atoms with Crippen LogP contribution in [-0.2, 0) is 11.2 Å². The smallest absolute Gasteiger partial charge is 0.168 e. The number of halogens is 1. The fourth-order valence-electron chi connectivity index (χ4n) is 4.57. The average molecular weight is 485 g/mol. The first-order valence-electron chi connectivity index (χ1n) is 12.2. The summed E-state index contributed by atoms with van der Waals surface area (Å²) in [6, 6.07) is 11.5. The van der Waals surface area contributed by atoms with Gasteiger partial charge in [-0.15, -0.1) is 0 Å². The van der Waals surface area contributed by atoms with Crippen LogP contribution in [-0.4, -0.2) is 49.2 Å². The van der Waals surface area contributed by atoms with Crippen molar-refractivity contribution < 1.29 is 18.8 Å². The monoisotopic (exact) mass is 484 g/mol. The summed E-state index contributed by atoms with van der Waals surface area (Å²) in [7, 11) is 1.63. The van der Waals surface area contributed by atoms with Crippen LogP contribution in [0, 0.1) is 0 Å². The Kier molecular flexibility index (Phi) is 8.46. The molecule has 34 heavy (non-hydrogen) atoms. The molecule has 0 aliphatic carbocycles. The quantitative estimate of drug-likeness (QED) is 0.309. The molecule has 2 heterocycles. The van der Waals surface area contributed by atoms with E-state index < -0.39 is 0 Å². The number of hydrogen-bond acceptors (Lipinski definition) is 6. The summed E-state index contributed by atoms with van der Waals surface area (Å²) < 4.78 is 16.9. The summed E-state index contributed by atoms with van der Waals surface area (Å²) in [6.07, 6.45) is 5.22. The lowest BCUT2D eigenvalue weighted by Gasteiger charge is -2.31. The molecule has 0 bridgehead atoms. The molecule has 6 nitrogen and oxygen atoms in total. The standard InChI is InChI=1S/C27H33ClN2O4/c1-3-22(31)16-19-6-9-24(26(17-19)32-2)33-15-5-4-12-30-13-10-20(11-14-30)27-23-8-7-21(28)18-25(23)34-29-27/h6-9,17-18,20H,3-5,10-16H2,1-2H3. The number of rotatable bonds is 11. The third-order valence-corrected chi connectivity index (χ3v) is 6.82. The summed E-state index contributed by atoms with van der Waals surface area (Å²) in [5, 5.41) is 6.10. The Morgan fingerprint density at radius 3 is 2.74 bits per heavy atom. The lowest BCUT2D eigenvalue weighted by Crippen LogP contribution is -2.34. The molecule has 0 saturated carbocycles. The van der Waals surface area contributed by atoms with E-state index in [4.69, 9.17) is 25.6 Å². The van der Waals surface area contributed by atoms with Crippen molar-refractivity contribution in [2.24, 2.45) is 0 Å². The number of likely N-dealkylation sites (tertiary alicyclic amines) is 1. The maximum absolute atomic E-state index is 11.7. The van der Waals surface area contributed by atoms with Gasteiger partial charge >= 0.3 is 0 Å². The summed E-state index contributed by atoms with van der Waals surface area (Å²) in [5.74, 6) is 2.08. The molecule has 7 heteroatoms. The van der Waals surface area contributed by atoms with Crippen LogP contribution < -0.4 is 9.47 Å². The second-order valence-corrected chi connectivity index (χ2v) is 9.37. The van der Waals surface area contributed by atoms with Crippen LogP contribution in [0.25, 0.3) is 11.0 Å². The van der Waals surface area contributed by atoms with Crippen LogP contribution in [0.5, 0.6) is 11.5 Å². The summed E-state index contributed by atoms with van der Waals surface area (Å²) in [4.78, 5) is 14.2. The number of hydrogen-bond donors (Lipinski definition) is 0. The van der Waals surface area contributed by atoms with Gasteiger partial charge in [0.1, 0.15) is 5.78 Å². The molecule has 0 radical (unpaired) electrons. The van der Waals surface area contributed by atoms with Crippen molar-refractivity contribution in [1.29, 1.82) is 0 Å². The molecule has 0 spiro atoms. The van der Waals surface area contributed by atoms with Crippen LogP contribution >= 0.6 is 11.6 Å². The lowest BCUT2D eigenvalue weighted by molar-refractivity contribution is -0.118. The maximum Gasteiger partial charge on any atom is 0.168 e. The molecule has 1 aliphatic rings. The minimum Gasteiger partial charge on any atom is -0.493 e. The number of benzene rings is 2. The zero-order valence-electron chi connectivity index (χ0n) is 20.0. The first-order chi connectivity index (χ1) is 16.6. The number of aromatic nitrogens is 1.